The lowest BCUT2D eigenvalue weighted by Crippen LogP contribution is -2.43. The maximum atomic E-state index is 13.1. The Hall–Kier alpha value is -5.09. The predicted octanol–water partition coefficient (Wildman–Crippen LogP) is 5.37. The largest absolute Gasteiger partial charge is 0.490 e. The fraction of sp³-hybridized carbons (Fsp3) is 0.333. The van der Waals surface area contributed by atoms with Gasteiger partial charge in [0.15, 0.2) is 0 Å². The van der Waals surface area contributed by atoms with Crippen molar-refractivity contribution in [2.45, 2.75) is 25.1 Å². The molecule has 0 aliphatic carbocycles. The maximum Gasteiger partial charge on any atom is 0.490 e. The Morgan fingerprint density at radius 2 is 1.25 bits per heavy atom. The number of carbonyl (C=O) groups is 3. The standard InChI is InChI=1S/C24H25N5OS.3C2HF3O2/c1-27-10-12-29(13-11-27)15-17-4-3-5-19(14-17)20-16-31-23-21(20)24(30)28(2)26-22(23)18-6-8-25-9-7-18;3*3-2(4,5)1(6)7/h3-9,14,16H,10-13,15H2,1-2H3;3*(H,6,7). The van der Waals surface area contributed by atoms with Gasteiger partial charge < -0.3 is 20.2 Å². The molecule has 284 valence electrons. The van der Waals surface area contributed by atoms with Crippen LogP contribution in [0, 0.1) is 0 Å². The zero-order valence-electron chi connectivity index (χ0n) is 26.8. The van der Waals surface area contributed by atoms with Gasteiger partial charge in [-0.3, -0.25) is 14.7 Å². The van der Waals surface area contributed by atoms with E-state index in [1.165, 1.54) is 10.2 Å². The molecule has 0 radical (unpaired) electrons. The number of pyridine rings is 1. The Balaban J connectivity index is 0.000000365. The number of nitrogens with zero attached hydrogens (tertiary/aromatic N) is 5. The van der Waals surface area contributed by atoms with Crippen LogP contribution in [0.3, 0.4) is 0 Å². The monoisotopic (exact) mass is 773 g/mol. The van der Waals surface area contributed by atoms with Crippen LogP contribution in [-0.2, 0) is 28.0 Å². The zero-order chi connectivity index (χ0) is 39.6. The van der Waals surface area contributed by atoms with Crippen molar-refractivity contribution in [3.05, 3.63) is 70.1 Å². The Morgan fingerprint density at radius 3 is 1.71 bits per heavy atom. The number of benzene rings is 1. The third-order valence-corrected chi connectivity index (χ3v) is 7.67. The van der Waals surface area contributed by atoms with Gasteiger partial charge in [0.1, 0.15) is 5.69 Å². The fourth-order valence-corrected chi connectivity index (χ4v) is 5.23. The summed E-state index contributed by atoms with van der Waals surface area (Å²) in [6.45, 7) is 5.32. The molecule has 12 nitrogen and oxygen atoms in total. The van der Waals surface area contributed by atoms with Gasteiger partial charge in [-0.15, -0.1) is 11.3 Å². The summed E-state index contributed by atoms with van der Waals surface area (Å²) in [4.78, 5) is 48.7. The van der Waals surface area contributed by atoms with Crippen molar-refractivity contribution in [2.75, 3.05) is 33.2 Å². The first-order valence-corrected chi connectivity index (χ1v) is 15.1. The van der Waals surface area contributed by atoms with E-state index in [1.54, 1.807) is 30.8 Å². The zero-order valence-corrected chi connectivity index (χ0v) is 27.6. The first-order valence-electron chi connectivity index (χ1n) is 14.2. The highest BCUT2D eigenvalue weighted by atomic mass is 32.1. The number of aliphatic carboxylic acids is 3. The van der Waals surface area contributed by atoms with Crippen molar-refractivity contribution >= 4 is 39.3 Å². The Kier molecular flexibility index (Phi) is 14.8. The number of hydrogen-bond acceptors (Lipinski definition) is 9. The molecule has 0 atom stereocenters. The van der Waals surface area contributed by atoms with Gasteiger partial charge in [-0.2, -0.15) is 44.6 Å². The number of hydrogen-bond donors (Lipinski definition) is 3. The number of likely N-dealkylation sites (N-methyl/N-ethyl adjacent to an activating group) is 1. The van der Waals surface area contributed by atoms with Gasteiger partial charge in [0, 0.05) is 68.7 Å². The summed E-state index contributed by atoms with van der Waals surface area (Å²) in [5, 5.41) is 28.8. The molecule has 4 heterocycles. The average molecular weight is 774 g/mol. The topological polar surface area (TPSA) is 166 Å². The molecule has 22 heteroatoms. The number of alkyl halides is 9. The highest BCUT2D eigenvalue weighted by Crippen LogP contribution is 2.37. The van der Waals surface area contributed by atoms with E-state index >= 15 is 0 Å². The van der Waals surface area contributed by atoms with Crippen LogP contribution in [0.4, 0.5) is 39.5 Å². The normalized spacial score (nSPS) is 13.8. The molecule has 52 heavy (non-hydrogen) atoms. The minimum absolute atomic E-state index is 0.0615. The van der Waals surface area contributed by atoms with Crippen LogP contribution in [-0.4, -0.2) is 110 Å². The van der Waals surface area contributed by atoms with Crippen molar-refractivity contribution in [1.29, 1.82) is 0 Å². The third kappa shape index (κ3) is 12.9. The number of piperazine rings is 1. The van der Waals surface area contributed by atoms with Crippen LogP contribution >= 0.6 is 11.3 Å². The van der Waals surface area contributed by atoms with E-state index in [2.05, 4.69) is 56.6 Å². The summed E-state index contributed by atoms with van der Waals surface area (Å²) in [5.74, 6) is -8.27. The molecule has 1 aromatic carbocycles. The lowest BCUT2D eigenvalue weighted by molar-refractivity contribution is -0.193. The van der Waals surface area contributed by atoms with E-state index in [-0.39, 0.29) is 5.56 Å². The lowest BCUT2D eigenvalue weighted by atomic mass is 10.0. The van der Waals surface area contributed by atoms with E-state index in [9.17, 15) is 44.3 Å². The van der Waals surface area contributed by atoms with E-state index in [0.29, 0.717) is 0 Å². The quantitative estimate of drug-likeness (QED) is 0.228. The predicted molar refractivity (Wildman–Crippen MR) is 167 cm³/mol. The fourth-order valence-electron chi connectivity index (χ4n) is 4.16. The Bertz CT molecular complexity index is 1830. The second-order valence-corrected chi connectivity index (χ2v) is 11.4. The van der Waals surface area contributed by atoms with Crippen molar-refractivity contribution in [3.8, 4) is 22.4 Å². The number of rotatable bonds is 4. The maximum absolute atomic E-state index is 13.1. The summed E-state index contributed by atoms with van der Waals surface area (Å²) in [6, 6.07) is 12.5. The summed E-state index contributed by atoms with van der Waals surface area (Å²) in [7, 11) is 3.90. The van der Waals surface area contributed by atoms with Crippen molar-refractivity contribution < 1.29 is 69.2 Å². The summed E-state index contributed by atoms with van der Waals surface area (Å²) in [5.41, 5.74) is 5.08. The lowest BCUT2D eigenvalue weighted by Gasteiger charge is -2.32. The number of carboxylic acid groups (broad SMARTS) is 3. The number of halogens is 9. The Morgan fingerprint density at radius 1 is 0.769 bits per heavy atom. The van der Waals surface area contributed by atoms with Gasteiger partial charge in [0.25, 0.3) is 5.56 Å². The van der Waals surface area contributed by atoms with Gasteiger partial charge in [-0.1, -0.05) is 18.2 Å². The van der Waals surface area contributed by atoms with Crippen LogP contribution in [0.25, 0.3) is 32.5 Å². The van der Waals surface area contributed by atoms with Crippen LogP contribution < -0.4 is 5.56 Å². The number of aryl methyl sites for hydroxylation is 1. The number of thiophene rings is 1. The molecule has 0 bridgehead atoms. The average Bonchev–Trinajstić information content (AvgIpc) is 3.50. The second-order valence-electron chi connectivity index (χ2n) is 10.6. The molecule has 0 saturated carbocycles. The molecule has 3 aromatic heterocycles. The highest BCUT2D eigenvalue weighted by molar-refractivity contribution is 7.18. The van der Waals surface area contributed by atoms with Crippen molar-refractivity contribution in [2.24, 2.45) is 7.05 Å². The van der Waals surface area contributed by atoms with Crippen LogP contribution in [0.15, 0.2) is 59.0 Å². The Labute approximate surface area is 290 Å². The van der Waals surface area contributed by atoms with E-state index in [4.69, 9.17) is 29.7 Å². The molecular weight excluding hydrogens is 745 g/mol. The van der Waals surface area contributed by atoms with Crippen LogP contribution in [0.5, 0.6) is 0 Å². The van der Waals surface area contributed by atoms with Crippen molar-refractivity contribution in [1.82, 2.24) is 24.6 Å². The SMILES string of the molecule is CN1CCN(Cc2cccc(-c3csc4c(-c5ccncc5)nn(C)c(=O)c34)c2)CC1.O=C(O)C(F)(F)F.O=C(O)C(F)(F)F.O=C(O)C(F)(F)F. The number of fused-ring (bicyclic) bond motifs is 1. The van der Waals surface area contributed by atoms with Crippen LogP contribution in [0.1, 0.15) is 5.56 Å². The third-order valence-electron chi connectivity index (χ3n) is 6.69. The van der Waals surface area contributed by atoms with Gasteiger partial charge in [0.05, 0.1) is 10.1 Å². The molecule has 4 aromatic rings. The van der Waals surface area contributed by atoms with E-state index in [0.717, 1.165) is 65.2 Å². The first kappa shape index (κ1) is 43.1. The molecule has 0 amide bonds. The van der Waals surface area contributed by atoms with Crippen molar-refractivity contribution in [3.63, 3.8) is 0 Å². The summed E-state index contributed by atoms with van der Waals surface area (Å²) >= 11 is 1.58. The first-order chi connectivity index (χ1) is 23.9. The molecule has 0 spiro atoms. The van der Waals surface area contributed by atoms with Gasteiger partial charge in [-0.25, -0.2) is 19.1 Å². The molecule has 5 rings (SSSR count). The summed E-state index contributed by atoms with van der Waals surface area (Å²) in [6.07, 6.45) is -11.7. The second kappa shape index (κ2) is 17.9. The highest BCUT2D eigenvalue weighted by Gasteiger charge is 2.39. The number of carboxylic acids is 3. The molecule has 3 N–H and O–H groups in total. The molecule has 1 saturated heterocycles. The van der Waals surface area contributed by atoms with Gasteiger partial charge >= 0.3 is 36.4 Å². The molecule has 0 unspecified atom stereocenters. The van der Waals surface area contributed by atoms with Gasteiger partial charge in [-0.05, 0) is 36.4 Å². The van der Waals surface area contributed by atoms with E-state index < -0.39 is 36.4 Å². The minimum atomic E-state index is -5.08. The smallest absolute Gasteiger partial charge is 0.475 e. The molecular formula is C30H28F9N5O7S. The van der Waals surface area contributed by atoms with E-state index in [1.807, 2.05) is 12.1 Å². The summed E-state index contributed by atoms with van der Waals surface area (Å²) < 4.78 is 97.6. The molecule has 1 aliphatic heterocycles. The minimum Gasteiger partial charge on any atom is -0.475 e. The van der Waals surface area contributed by atoms with Crippen LogP contribution in [0.2, 0.25) is 0 Å². The molecule has 1 fully saturated rings. The van der Waals surface area contributed by atoms with Gasteiger partial charge in [0.2, 0.25) is 0 Å². The number of aromatic nitrogens is 3. The molecule has 1 aliphatic rings.